The Hall–Kier alpha value is -3.75. The Morgan fingerprint density at radius 2 is 1.71 bits per heavy atom. The molecule has 0 radical (unpaired) electrons. The van der Waals surface area contributed by atoms with E-state index in [1.165, 1.54) is 24.0 Å². The fraction of sp³-hybridized carbons (Fsp3) is 0.674. The van der Waals surface area contributed by atoms with Crippen LogP contribution in [-0.4, -0.2) is 133 Å². The highest BCUT2D eigenvalue weighted by Crippen LogP contribution is 2.39. The first-order chi connectivity index (χ1) is 28.8. The smallest absolute Gasteiger partial charge is 0.262 e. The molecular weight excluding hydrogens is 751 g/mol. The first-order valence-electron chi connectivity index (χ1n) is 22.5. The molecule has 1 spiro atoms. The first kappa shape index (κ1) is 43.3. The maximum atomic E-state index is 13.5. The number of aliphatic hydroxyl groups excluding tert-OH is 1. The van der Waals surface area contributed by atoms with Gasteiger partial charge < -0.3 is 44.9 Å². The molecule has 324 valence electrons. The minimum absolute atomic E-state index is 0.00527. The topological polar surface area (TPSA) is 153 Å². The Bertz CT molecular complexity index is 1700. The molecule has 3 aliphatic heterocycles. The van der Waals surface area contributed by atoms with Crippen LogP contribution in [-0.2, 0) is 43.2 Å². The molecule has 1 atom stereocenters. The molecule has 3 heterocycles. The van der Waals surface area contributed by atoms with Crippen LogP contribution in [0.25, 0.3) is 0 Å². The maximum Gasteiger partial charge on any atom is 0.262 e. The van der Waals surface area contributed by atoms with Gasteiger partial charge >= 0.3 is 0 Å². The van der Waals surface area contributed by atoms with Crippen molar-refractivity contribution in [1.29, 1.82) is 0 Å². The van der Waals surface area contributed by atoms with Crippen molar-refractivity contribution >= 4 is 23.4 Å². The summed E-state index contributed by atoms with van der Waals surface area (Å²) in [6.07, 6.45) is 13.6. The molecule has 13 nitrogen and oxygen atoms in total. The van der Waals surface area contributed by atoms with Crippen LogP contribution in [0.5, 0.6) is 11.5 Å². The highest BCUT2D eigenvalue weighted by molar-refractivity contribution is 5.97. The van der Waals surface area contributed by atoms with Crippen molar-refractivity contribution in [1.82, 2.24) is 20.0 Å². The molecule has 3 amide bonds. The highest BCUT2D eigenvalue weighted by atomic mass is 16.5. The number of nitrogens with zero attached hydrogens (tertiary/aromatic N) is 3. The zero-order valence-corrected chi connectivity index (χ0v) is 35.0. The summed E-state index contributed by atoms with van der Waals surface area (Å²) in [4.78, 5) is 45.0. The number of nitrogens with one attached hydrogen (secondary N) is 2. The lowest BCUT2D eigenvalue weighted by atomic mass is 9.84. The Balaban J connectivity index is 0.804. The van der Waals surface area contributed by atoms with E-state index in [9.17, 15) is 24.6 Å². The Morgan fingerprint density at radius 3 is 2.51 bits per heavy atom. The number of hydrogen-bond donors (Lipinski definition) is 4. The zero-order valence-electron chi connectivity index (χ0n) is 35.0. The van der Waals surface area contributed by atoms with Crippen LogP contribution in [0.3, 0.4) is 0 Å². The van der Waals surface area contributed by atoms with Crippen LogP contribution in [0, 0.1) is 5.92 Å². The first-order valence-corrected chi connectivity index (χ1v) is 22.5. The quantitative estimate of drug-likeness (QED) is 0.130. The van der Waals surface area contributed by atoms with Crippen LogP contribution in [0.2, 0.25) is 0 Å². The number of hydrogen-bond acceptors (Lipinski definition) is 10. The second-order valence-electron chi connectivity index (χ2n) is 17.5. The number of carbonyl (C=O) groups is 3. The highest BCUT2D eigenvalue weighted by Gasteiger charge is 2.43. The lowest BCUT2D eigenvalue weighted by molar-refractivity contribution is -0.168. The number of fused-ring (bicyclic) bond motifs is 1. The van der Waals surface area contributed by atoms with Gasteiger partial charge in [-0.25, -0.2) is 0 Å². The second kappa shape index (κ2) is 21.2. The van der Waals surface area contributed by atoms with Crippen LogP contribution >= 0.6 is 0 Å². The van der Waals surface area contributed by atoms with E-state index in [1.807, 2.05) is 11.0 Å². The van der Waals surface area contributed by atoms with Crippen molar-refractivity contribution in [3.05, 3.63) is 53.1 Å². The number of rotatable bonds is 17. The van der Waals surface area contributed by atoms with Gasteiger partial charge in [0.15, 0.2) is 12.4 Å². The molecule has 2 aliphatic carbocycles. The number of likely N-dealkylation sites (tertiary alicyclic amines) is 1. The second-order valence-corrected chi connectivity index (χ2v) is 17.5. The summed E-state index contributed by atoms with van der Waals surface area (Å²) in [5.74, 6) is 0.379. The summed E-state index contributed by atoms with van der Waals surface area (Å²) in [5, 5.41) is 27.2. The number of amides is 3. The SMILES string of the molecule is O=C1COc2c(CCNCCN(C(=O)CCOCCc3cccc(CN4CCC5(CC4)CN(C(=O)C(O)C4CCCCC4)CCO5)c3)C3CCCCC3)ccc(O)c2N1. The molecule has 59 heavy (non-hydrogen) atoms. The average molecular weight is 818 g/mol. The number of carbonyl (C=O) groups excluding carboxylic acids is 3. The number of morpholine rings is 1. The van der Waals surface area contributed by atoms with Crippen LogP contribution < -0.4 is 15.4 Å². The molecule has 2 aromatic carbocycles. The van der Waals surface area contributed by atoms with Gasteiger partial charge in [0.25, 0.3) is 11.8 Å². The third kappa shape index (κ3) is 11.8. The van der Waals surface area contributed by atoms with E-state index in [0.717, 1.165) is 95.8 Å². The van der Waals surface area contributed by atoms with Gasteiger partial charge in [0.05, 0.1) is 31.8 Å². The lowest BCUT2D eigenvalue weighted by Gasteiger charge is -2.48. The predicted molar refractivity (Wildman–Crippen MR) is 225 cm³/mol. The van der Waals surface area contributed by atoms with Crippen molar-refractivity contribution in [2.24, 2.45) is 5.92 Å². The number of ether oxygens (including phenoxy) is 3. The van der Waals surface area contributed by atoms with Gasteiger partial charge in [-0.2, -0.15) is 0 Å². The maximum absolute atomic E-state index is 13.5. The Morgan fingerprint density at radius 1 is 0.949 bits per heavy atom. The van der Waals surface area contributed by atoms with Crippen molar-refractivity contribution in [2.45, 2.75) is 121 Å². The van der Waals surface area contributed by atoms with E-state index in [2.05, 4.69) is 44.7 Å². The Kier molecular flexibility index (Phi) is 15.5. The minimum atomic E-state index is -0.881. The van der Waals surface area contributed by atoms with E-state index >= 15 is 0 Å². The summed E-state index contributed by atoms with van der Waals surface area (Å²) < 4.78 is 18.0. The standard InChI is InChI=1S/C46H67N5O8/c52-39-15-14-37(44-42(39)48-40(53)32-58-44)16-21-47-22-25-51(38-12-5-2-6-13-38)41(54)18-28-57-27-17-34-8-7-9-35(30-34)31-49-23-19-46(20-24-49)33-50(26-29-59-46)45(56)43(55)36-10-3-1-4-11-36/h7-9,14-15,30,36,38,43,47,52,55H,1-6,10-13,16-29,31-33H2,(H,48,53). The molecular formula is C46H67N5O8. The predicted octanol–water partition coefficient (Wildman–Crippen LogP) is 4.80. The number of aromatic hydroxyl groups is 1. The van der Waals surface area contributed by atoms with Crippen molar-refractivity contribution in [3.8, 4) is 11.5 Å². The van der Waals surface area contributed by atoms with Crippen molar-refractivity contribution in [3.63, 3.8) is 0 Å². The van der Waals surface area contributed by atoms with E-state index < -0.39 is 6.10 Å². The van der Waals surface area contributed by atoms with Crippen LogP contribution in [0.1, 0.15) is 100 Å². The molecule has 7 rings (SSSR count). The average Bonchev–Trinajstić information content (AvgIpc) is 3.26. The van der Waals surface area contributed by atoms with Gasteiger partial charge in [0.2, 0.25) is 5.91 Å². The number of phenols is 1. The van der Waals surface area contributed by atoms with E-state index in [1.54, 1.807) is 6.07 Å². The molecule has 2 saturated heterocycles. The number of benzene rings is 2. The molecule has 1 unspecified atom stereocenters. The molecule has 4 fully saturated rings. The van der Waals surface area contributed by atoms with Gasteiger partial charge in [-0.3, -0.25) is 19.3 Å². The fourth-order valence-corrected chi connectivity index (χ4v) is 9.89. The molecule has 5 aliphatic rings. The molecule has 0 bridgehead atoms. The monoisotopic (exact) mass is 817 g/mol. The van der Waals surface area contributed by atoms with Gasteiger partial charge in [-0.1, -0.05) is 68.9 Å². The number of piperidine rings is 1. The number of aliphatic hydroxyl groups is 1. The van der Waals surface area contributed by atoms with Crippen molar-refractivity contribution < 1.29 is 38.8 Å². The summed E-state index contributed by atoms with van der Waals surface area (Å²) in [6.45, 7) is 7.23. The summed E-state index contributed by atoms with van der Waals surface area (Å²) in [7, 11) is 0. The number of anilines is 1. The third-order valence-electron chi connectivity index (χ3n) is 13.3. The molecule has 2 saturated carbocycles. The number of phenolic OH excluding ortho intramolecular Hbond substituents is 1. The summed E-state index contributed by atoms with van der Waals surface area (Å²) >= 11 is 0. The van der Waals surface area contributed by atoms with Gasteiger partial charge in [0, 0.05) is 51.9 Å². The third-order valence-corrected chi connectivity index (χ3v) is 13.3. The van der Waals surface area contributed by atoms with E-state index in [-0.39, 0.29) is 47.6 Å². The normalized spacial score (nSPS) is 20.8. The van der Waals surface area contributed by atoms with E-state index in [0.29, 0.717) is 76.8 Å². The lowest BCUT2D eigenvalue weighted by Crippen LogP contribution is -2.59. The zero-order chi connectivity index (χ0) is 41.0. The fourth-order valence-electron chi connectivity index (χ4n) is 9.89. The summed E-state index contributed by atoms with van der Waals surface area (Å²) in [5.41, 5.74) is 3.41. The van der Waals surface area contributed by atoms with Gasteiger partial charge in [0.1, 0.15) is 17.5 Å². The molecule has 0 aromatic heterocycles. The van der Waals surface area contributed by atoms with Gasteiger partial charge in [-0.15, -0.1) is 0 Å². The molecule has 13 heteroatoms. The minimum Gasteiger partial charge on any atom is -0.506 e. The van der Waals surface area contributed by atoms with E-state index in [4.69, 9.17) is 14.2 Å². The summed E-state index contributed by atoms with van der Waals surface area (Å²) in [6, 6.07) is 12.4. The van der Waals surface area contributed by atoms with Gasteiger partial charge in [-0.05, 0) is 86.6 Å². The molecule has 2 aromatic rings. The van der Waals surface area contributed by atoms with Crippen molar-refractivity contribution in [2.75, 3.05) is 77.6 Å². The molecule has 4 N–H and O–H groups in total. The Labute approximate surface area is 350 Å². The van der Waals surface area contributed by atoms with Crippen LogP contribution in [0.4, 0.5) is 5.69 Å². The largest absolute Gasteiger partial charge is 0.506 e. The van der Waals surface area contributed by atoms with Crippen LogP contribution in [0.15, 0.2) is 36.4 Å².